The van der Waals surface area contributed by atoms with E-state index < -0.39 is 10.0 Å². The molecule has 0 saturated carbocycles. The fourth-order valence-corrected chi connectivity index (χ4v) is 4.74. The van der Waals surface area contributed by atoms with Crippen molar-refractivity contribution >= 4 is 27.9 Å². The van der Waals surface area contributed by atoms with Gasteiger partial charge in [0.05, 0.1) is 4.90 Å². The minimum absolute atomic E-state index is 0.327. The van der Waals surface area contributed by atoms with Gasteiger partial charge in [-0.2, -0.15) is 5.10 Å². The zero-order valence-corrected chi connectivity index (χ0v) is 18.0. The zero-order valence-electron chi connectivity index (χ0n) is 16.4. The lowest BCUT2D eigenvalue weighted by Crippen LogP contribution is -2.32. The third-order valence-corrected chi connectivity index (χ3v) is 7.34. The highest BCUT2D eigenvalue weighted by Gasteiger charge is 2.23. The molecule has 0 fully saturated rings. The van der Waals surface area contributed by atoms with E-state index in [1.807, 2.05) is 41.0 Å². The van der Waals surface area contributed by atoms with Crippen molar-refractivity contribution in [2.75, 3.05) is 25.5 Å². The summed E-state index contributed by atoms with van der Waals surface area (Å²) in [6, 6.07) is 15.2. The van der Waals surface area contributed by atoms with Crippen molar-refractivity contribution in [1.82, 2.24) is 18.7 Å². The van der Waals surface area contributed by atoms with Crippen molar-refractivity contribution in [3.05, 3.63) is 65.2 Å². The van der Waals surface area contributed by atoms with Gasteiger partial charge in [-0.3, -0.25) is 4.57 Å². The van der Waals surface area contributed by atoms with E-state index >= 15 is 0 Å². The fraction of sp³-hybridized carbons (Fsp3) is 0.300. The van der Waals surface area contributed by atoms with E-state index in [9.17, 15) is 8.42 Å². The van der Waals surface area contributed by atoms with Crippen LogP contribution in [0.5, 0.6) is 0 Å². The van der Waals surface area contributed by atoms with Crippen molar-refractivity contribution in [1.29, 1.82) is 0 Å². The Kier molecular flexibility index (Phi) is 5.28. The SMILES string of the molecule is CN(C)S(=O)(=O)c1ccc2c(c1)CCCN2Cn1ncn(-c2ccccc2)c1=S. The molecule has 0 spiro atoms. The summed E-state index contributed by atoms with van der Waals surface area (Å²) in [5.74, 6) is 0. The largest absolute Gasteiger partial charge is 0.352 e. The summed E-state index contributed by atoms with van der Waals surface area (Å²) in [5.41, 5.74) is 3.04. The Labute approximate surface area is 175 Å². The molecule has 1 aromatic heterocycles. The van der Waals surface area contributed by atoms with E-state index in [1.165, 1.54) is 4.31 Å². The van der Waals surface area contributed by atoms with E-state index in [1.54, 1.807) is 37.2 Å². The number of aryl methyl sites for hydroxylation is 1. The molecule has 0 N–H and O–H groups in total. The average Bonchev–Trinajstić information content (AvgIpc) is 3.08. The highest BCUT2D eigenvalue weighted by Crippen LogP contribution is 2.30. The molecule has 7 nitrogen and oxygen atoms in total. The van der Waals surface area contributed by atoms with Crippen LogP contribution in [-0.4, -0.2) is 47.7 Å². The molecule has 0 radical (unpaired) electrons. The average molecular weight is 430 g/mol. The van der Waals surface area contributed by atoms with Gasteiger partial charge in [0.15, 0.2) is 0 Å². The Bertz CT molecular complexity index is 1180. The molecular weight excluding hydrogens is 406 g/mol. The molecule has 3 aromatic rings. The first-order chi connectivity index (χ1) is 13.9. The summed E-state index contributed by atoms with van der Waals surface area (Å²) in [5, 5.41) is 4.47. The quantitative estimate of drug-likeness (QED) is 0.584. The molecule has 0 unspecified atom stereocenters. The van der Waals surface area contributed by atoms with Crippen LogP contribution in [0.3, 0.4) is 0 Å². The zero-order chi connectivity index (χ0) is 20.6. The Morgan fingerprint density at radius 2 is 1.90 bits per heavy atom. The van der Waals surface area contributed by atoms with Gasteiger partial charge < -0.3 is 4.90 Å². The topological polar surface area (TPSA) is 63.4 Å². The van der Waals surface area contributed by atoms with Crippen molar-refractivity contribution in [2.45, 2.75) is 24.4 Å². The first kappa shape index (κ1) is 19.8. The normalized spacial score (nSPS) is 14.2. The van der Waals surface area contributed by atoms with E-state index in [-0.39, 0.29) is 0 Å². The summed E-state index contributed by atoms with van der Waals surface area (Å²) >= 11 is 5.62. The number of nitrogens with zero attached hydrogens (tertiary/aromatic N) is 5. The van der Waals surface area contributed by atoms with Gasteiger partial charge in [-0.05, 0) is 61.0 Å². The van der Waals surface area contributed by atoms with Gasteiger partial charge in [-0.15, -0.1) is 0 Å². The number of benzene rings is 2. The maximum Gasteiger partial charge on any atom is 0.242 e. The molecule has 0 amide bonds. The molecule has 2 heterocycles. The van der Waals surface area contributed by atoms with Gasteiger partial charge in [-0.1, -0.05) is 18.2 Å². The van der Waals surface area contributed by atoms with E-state index in [4.69, 9.17) is 12.2 Å². The van der Waals surface area contributed by atoms with Crippen LogP contribution in [0.2, 0.25) is 0 Å². The van der Waals surface area contributed by atoms with Crippen LogP contribution in [0.25, 0.3) is 5.69 Å². The van der Waals surface area contributed by atoms with E-state index in [0.29, 0.717) is 16.3 Å². The second-order valence-electron chi connectivity index (χ2n) is 7.20. The molecule has 0 atom stereocenters. The molecule has 1 aliphatic rings. The monoisotopic (exact) mass is 429 g/mol. The third-order valence-electron chi connectivity index (χ3n) is 5.12. The van der Waals surface area contributed by atoms with Gasteiger partial charge in [0.25, 0.3) is 0 Å². The molecule has 1 aliphatic heterocycles. The Balaban J connectivity index is 1.63. The van der Waals surface area contributed by atoms with Crippen molar-refractivity contribution < 1.29 is 8.42 Å². The van der Waals surface area contributed by atoms with Gasteiger partial charge in [0.2, 0.25) is 14.8 Å². The Hall–Kier alpha value is -2.49. The summed E-state index contributed by atoms with van der Waals surface area (Å²) in [6.45, 7) is 1.39. The lowest BCUT2D eigenvalue weighted by atomic mass is 10.0. The van der Waals surface area contributed by atoms with Crippen LogP contribution in [-0.2, 0) is 23.1 Å². The summed E-state index contributed by atoms with van der Waals surface area (Å²) < 4.78 is 30.4. The maximum atomic E-state index is 12.5. The third kappa shape index (κ3) is 3.73. The molecule has 0 saturated heterocycles. The molecule has 4 rings (SSSR count). The number of para-hydroxylation sites is 1. The molecule has 29 heavy (non-hydrogen) atoms. The second kappa shape index (κ2) is 7.74. The van der Waals surface area contributed by atoms with Gasteiger partial charge in [-0.25, -0.2) is 17.4 Å². The smallest absolute Gasteiger partial charge is 0.242 e. The molecule has 0 bridgehead atoms. The number of anilines is 1. The molecule has 152 valence electrons. The number of fused-ring (bicyclic) bond motifs is 1. The molecule has 2 aromatic carbocycles. The number of hydrogen-bond donors (Lipinski definition) is 0. The highest BCUT2D eigenvalue weighted by molar-refractivity contribution is 7.89. The molecular formula is C20H23N5O2S2. The van der Waals surface area contributed by atoms with Crippen molar-refractivity contribution in [3.8, 4) is 5.69 Å². The van der Waals surface area contributed by atoms with Gasteiger partial charge in [0, 0.05) is 32.0 Å². The van der Waals surface area contributed by atoms with Crippen molar-refractivity contribution in [3.63, 3.8) is 0 Å². The summed E-state index contributed by atoms with van der Waals surface area (Å²) in [6.07, 6.45) is 3.53. The van der Waals surface area contributed by atoms with Crippen LogP contribution in [0.1, 0.15) is 12.0 Å². The van der Waals surface area contributed by atoms with Crippen LogP contribution >= 0.6 is 12.2 Å². The maximum absolute atomic E-state index is 12.5. The predicted octanol–water partition coefficient (Wildman–Crippen LogP) is 3.06. The first-order valence-electron chi connectivity index (χ1n) is 9.38. The number of sulfonamides is 1. The number of hydrogen-bond acceptors (Lipinski definition) is 5. The summed E-state index contributed by atoms with van der Waals surface area (Å²) in [7, 11) is -0.348. The molecule has 0 aliphatic carbocycles. The molecule has 9 heteroatoms. The first-order valence-corrected chi connectivity index (χ1v) is 11.2. The minimum atomic E-state index is -3.44. The van der Waals surface area contributed by atoms with E-state index in [2.05, 4.69) is 10.00 Å². The number of rotatable bonds is 5. The van der Waals surface area contributed by atoms with Crippen molar-refractivity contribution in [2.24, 2.45) is 0 Å². The van der Waals surface area contributed by atoms with Gasteiger partial charge >= 0.3 is 0 Å². The van der Waals surface area contributed by atoms with Crippen LogP contribution in [0, 0.1) is 4.77 Å². The standard InChI is InChI=1S/C20H23N5O2S2/c1-22(2)29(26,27)18-10-11-19-16(13-18)7-6-12-23(19)15-25-20(28)24(14-21-25)17-8-4-3-5-9-17/h3-5,8-11,13-14H,6-7,12,15H2,1-2H3. The van der Waals surface area contributed by atoms with E-state index in [0.717, 1.165) is 36.3 Å². The summed E-state index contributed by atoms with van der Waals surface area (Å²) in [4.78, 5) is 2.52. The van der Waals surface area contributed by atoms with Crippen LogP contribution in [0.15, 0.2) is 59.8 Å². The van der Waals surface area contributed by atoms with Gasteiger partial charge in [0.1, 0.15) is 13.0 Å². The lowest BCUT2D eigenvalue weighted by molar-refractivity contribution is 0.520. The number of aromatic nitrogens is 3. The predicted molar refractivity (Wildman–Crippen MR) is 115 cm³/mol. The Morgan fingerprint density at radius 1 is 1.14 bits per heavy atom. The second-order valence-corrected chi connectivity index (χ2v) is 9.72. The van der Waals surface area contributed by atoms with Crippen LogP contribution in [0.4, 0.5) is 5.69 Å². The fourth-order valence-electron chi connectivity index (χ4n) is 3.53. The highest BCUT2D eigenvalue weighted by atomic mass is 32.2. The Morgan fingerprint density at radius 3 is 2.62 bits per heavy atom. The van der Waals surface area contributed by atoms with Crippen LogP contribution < -0.4 is 4.90 Å². The lowest BCUT2D eigenvalue weighted by Gasteiger charge is -2.31. The minimum Gasteiger partial charge on any atom is -0.352 e.